The highest BCUT2D eigenvalue weighted by molar-refractivity contribution is 5.94. The minimum Gasteiger partial charge on any atom is -0.368 e. The largest absolute Gasteiger partial charge is 0.368 e. The number of hydrogen-bond donors (Lipinski definition) is 2. The minimum absolute atomic E-state index is 0.0946. The molecule has 0 unspecified atom stereocenters. The molecule has 0 radical (unpaired) electrons. The molecule has 1 aliphatic rings. The van der Waals surface area contributed by atoms with Crippen molar-refractivity contribution in [1.82, 2.24) is 30.4 Å². The van der Waals surface area contributed by atoms with Crippen LogP contribution in [0.4, 0.5) is 5.95 Å². The standard InChI is InChI=1S/C17H17N7O2/c18-17-21-11-6-2-1-5-10(11)14(23-17)16(25)20-9-13-22-15(24-26-13)12-7-3-4-8-19-12/h3-4,7-8H,1-2,5-6,9H2,(H,20,25)(H2,18,21,23). The van der Waals surface area contributed by atoms with Crippen molar-refractivity contribution >= 4 is 11.9 Å². The SMILES string of the molecule is Nc1nc2c(c(C(=O)NCc3nc(-c4ccccn4)no3)n1)CCCC2. The number of aryl methyl sites for hydroxylation is 1. The molecule has 0 aliphatic heterocycles. The monoisotopic (exact) mass is 351 g/mol. The zero-order valence-corrected chi connectivity index (χ0v) is 14.0. The molecule has 0 bridgehead atoms. The van der Waals surface area contributed by atoms with Gasteiger partial charge in [-0.25, -0.2) is 9.97 Å². The highest BCUT2D eigenvalue weighted by atomic mass is 16.5. The number of anilines is 1. The van der Waals surface area contributed by atoms with Gasteiger partial charge in [0.15, 0.2) is 0 Å². The number of pyridine rings is 1. The first-order valence-electron chi connectivity index (χ1n) is 8.38. The van der Waals surface area contributed by atoms with Crippen LogP contribution in [0, 0.1) is 0 Å². The number of aromatic nitrogens is 5. The first-order chi connectivity index (χ1) is 12.7. The van der Waals surface area contributed by atoms with Crippen LogP contribution in [-0.2, 0) is 19.4 Å². The molecule has 26 heavy (non-hydrogen) atoms. The van der Waals surface area contributed by atoms with Gasteiger partial charge in [0.1, 0.15) is 11.4 Å². The maximum Gasteiger partial charge on any atom is 0.270 e. The number of carbonyl (C=O) groups excluding carboxylic acids is 1. The maximum absolute atomic E-state index is 12.6. The predicted octanol–water partition coefficient (Wildman–Crippen LogP) is 1.31. The van der Waals surface area contributed by atoms with Crippen LogP contribution in [0.5, 0.6) is 0 Å². The fourth-order valence-corrected chi connectivity index (χ4v) is 2.97. The van der Waals surface area contributed by atoms with Gasteiger partial charge in [-0.1, -0.05) is 11.2 Å². The molecule has 0 atom stereocenters. The molecule has 1 amide bonds. The van der Waals surface area contributed by atoms with Crippen LogP contribution in [0.1, 0.15) is 40.5 Å². The molecule has 0 aromatic carbocycles. The number of rotatable bonds is 4. The van der Waals surface area contributed by atoms with Gasteiger partial charge in [0, 0.05) is 17.5 Å². The van der Waals surface area contributed by atoms with Gasteiger partial charge in [-0.2, -0.15) is 4.98 Å². The molecule has 4 rings (SSSR count). The summed E-state index contributed by atoms with van der Waals surface area (Å²) < 4.78 is 5.17. The number of nitrogens with two attached hydrogens (primary N) is 1. The molecule has 3 aromatic rings. The Bertz CT molecular complexity index is 940. The zero-order valence-electron chi connectivity index (χ0n) is 14.0. The highest BCUT2D eigenvalue weighted by Crippen LogP contribution is 2.22. The van der Waals surface area contributed by atoms with Crippen LogP contribution in [0.2, 0.25) is 0 Å². The van der Waals surface area contributed by atoms with Crippen LogP contribution in [0.3, 0.4) is 0 Å². The van der Waals surface area contributed by atoms with E-state index in [0.29, 0.717) is 17.2 Å². The fourth-order valence-electron chi connectivity index (χ4n) is 2.97. The number of amides is 1. The Kier molecular flexibility index (Phi) is 4.26. The summed E-state index contributed by atoms with van der Waals surface area (Å²) in [6.07, 6.45) is 5.30. The summed E-state index contributed by atoms with van der Waals surface area (Å²) in [5.74, 6) is 0.453. The number of nitrogen functional groups attached to an aromatic ring is 1. The second-order valence-corrected chi connectivity index (χ2v) is 5.97. The van der Waals surface area contributed by atoms with E-state index in [4.69, 9.17) is 10.3 Å². The minimum atomic E-state index is -0.324. The van der Waals surface area contributed by atoms with E-state index in [1.54, 1.807) is 18.3 Å². The Hall–Kier alpha value is -3.36. The molecular weight excluding hydrogens is 334 g/mol. The number of hydrogen-bond acceptors (Lipinski definition) is 8. The Balaban J connectivity index is 1.48. The van der Waals surface area contributed by atoms with Crippen LogP contribution in [-0.4, -0.2) is 31.0 Å². The van der Waals surface area contributed by atoms with E-state index < -0.39 is 0 Å². The normalized spacial score (nSPS) is 13.2. The summed E-state index contributed by atoms with van der Waals surface area (Å²) in [5.41, 5.74) is 8.42. The van der Waals surface area contributed by atoms with Crippen LogP contribution >= 0.6 is 0 Å². The molecule has 9 heteroatoms. The van der Waals surface area contributed by atoms with Crippen molar-refractivity contribution in [1.29, 1.82) is 0 Å². The summed E-state index contributed by atoms with van der Waals surface area (Å²) in [5, 5.41) is 6.63. The Morgan fingerprint density at radius 1 is 1.19 bits per heavy atom. The van der Waals surface area contributed by atoms with Gasteiger partial charge in [-0.05, 0) is 37.8 Å². The topological polar surface area (TPSA) is 133 Å². The van der Waals surface area contributed by atoms with Gasteiger partial charge in [-0.15, -0.1) is 0 Å². The van der Waals surface area contributed by atoms with Gasteiger partial charge < -0.3 is 15.6 Å². The lowest BCUT2D eigenvalue weighted by atomic mass is 9.94. The third kappa shape index (κ3) is 3.23. The van der Waals surface area contributed by atoms with E-state index >= 15 is 0 Å². The third-order valence-electron chi connectivity index (χ3n) is 4.18. The van der Waals surface area contributed by atoms with Crippen LogP contribution in [0.25, 0.3) is 11.5 Å². The lowest BCUT2D eigenvalue weighted by Gasteiger charge is -2.17. The average molecular weight is 351 g/mol. The second-order valence-electron chi connectivity index (χ2n) is 5.97. The van der Waals surface area contributed by atoms with Crippen molar-refractivity contribution in [2.45, 2.75) is 32.2 Å². The lowest BCUT2D eigenvalue weighted by Crippen LogP contribution is -2.27. The van der Waals surface area contributed by atoms with E-state index in [0.717, 1.165) is 36.9 Å². The summed E-state index contributed by atoms with van der Waals surface area (Å²) in [7, 11) is 0. The molecule has 3 N–H and O–H groups in total. The number of nitrogens with one attached hydrogen (secondary N) is 1. The summed E-state index contributed by atoms with van der Waals surface area (Å²) in [6, 6.07) is 5.42. The van der Waals surface area contributed by atoms with E-state index in [2.05, 4.69) is 30.4 Å². The first kappa shape index (κ1) is 16.1. The van der Waals surface area contributed by atoms with Gasteiger partial charge >= 0.3 is 0 Å². The van der Waals surface area contributed by atoms with Gasteiger partial charge in [0.2, 0.25) is 17.7 Å². The Labute approximate surface area is 149 Å². The zero-order chi connectivity index (χ0) is 17.9. The molecule has 0 spiro atoms. The molecule has 3 heterocycles. The Morgan fingerprint density at radius 2 is 2.08 bits per heavy atom. The average Bonchev–Trinajstić information content (AvgIpc) is 3.15. The van der Waals surface area contributed by atoms with E-state index in [-0.39, 0.29) is 24.3 Å². The fraction of sp³-hybridized carbons (Fsp3) is 0.294. The van der Waals surface area contributed by atoms with Crippen molar-refractivity contribution in [3.8, 4) is 11.5 Å². The lowest BCUT2D eigenvalue weighted by molar-refractivity contribution is 0.0939. The number of fused-ring (bicyclic) bond motifs is 1. The van der Waals surface area contributed by atoms with Gasteiger partial charge in [0.05, 0.1) is 6.54 Å². The first-order valence-corrected chi connectivity index (χ1v) is 8.38. The van der Waals surface area contributed by atoms with E-state index in [9.17, 15) is 4.79 Å². The van der Waals surface area contributed by atoms with E-state index in [1.165, 1.54) is 0 Å². The second kappa shape index (κ2) is 6.87. The van der Waals surface area contributed by atoms with Crippen molar-refractivity contribution in [2.75, 3.05) is 5.73 Å². The molecule has 3 aromatic heterocycles. The van der Waals surface area contributed by atoms with Crippen molar-refractivity contribution in [2.24, 2.45) is 0 Å². The molecule has 132 valence electrons. The predicted molar refractivity (Wildman–Crippen MR) is 91.8 cm³/mol. The van der Waals surface area contributed by atoms with E-state index in [1.807, 2.05) is 6.07 Å². The van der Waals surface area contributed by atoms with Crippen LogP contribution in [0.15, 0.2) is 28.9 Å². The van der Waals surface area contributed by atoms with Crippen molar-refractivity contribution in [3.63, 3.8) is 0 Å². The van der Waals surface area contributed by atoms with Crippen LogP contribution < -0.4 is 11.1 Å². The molecule has 9 nitrogen and oxygen atoms in total. The maximum atomic E-state index is 12.6. The van der Waals surface area contributed by atoms with Gasteiger partial charge in [0.25, 0.3) is 5.91 Å². The summed E-state index contributed by atoms with van der Waals surface area (Å²) >= 11 is 0. The quantitative estimate of drug-likeness (QED) is 0.719. The van der Waals surface area contributed by atoms with Crippen molar-refractivity contribution < 1.29 is 9.32 Å². The van der Waals surface area contributed by atoms with Crippen molar-refractivity contribution in [3.05, 3.63) is 47.2 Å². The Morgan fingerprint density at radius 3 is 2.92 bits per heavy atom. The third-order valence-corrected chi connectivity index (χ3v) is 4.18. The molecule has 1 aliphatic carbocycles. The molecule has 0 saturated heterocycles. The number of carbonyl (C=O) groups is 1. The number of nitrogens with zero attached hydrogens (tertiary/aromatic N) is 5. The molecule has 0 saturated carbocycles. The van der Waals surface area contributed by atoms with Gasteiger partial charge in [-0.3, -0.25) is 9.78 Å². The smallest absolute Gasteiger partial charge is 0.270 e. The summed E-state index contributed by atoms with van der Waals surface area (Å²) in [6.45, 7) is 0.0946. The molecular formula is C17H17N7O2. The summed E-state index contributed by atoms with van der Waals surface area (Å²) in [4.78, 5) is 29.3. The highest BCUT2D eigenvalue weighted by Gasteiger charge is 2.22. The molecule has 0 fully saturated rings.